The number of quaternary nitrogens is 1. The Morgan fingerprint density at radius 3 is 1.63 bits per heavy atom. The van der Waals surface area contributed by atoms with Crippen LogP contribution < -0.4 is 14.0 Å². The molecule has 0 aromatic heterocycles. The first-order valence-electron chi connectivity index (χ1n) is 15.4. The average Bonchev–Trinajstić information content (AvgIpc) is 2.97. The first-order chi connectivity index (χ1) is 19.9. The van der Waals surface area contributed by atoms with E-state index < -0.39 is 0 Å². The van der Waals surface area contributed by atoms with Gasteiger partial charge in [-0.2, -0.15) is 0 Å². The Kier molecular flexibility index (Phi) is 14.3. The topological polar surface area (TPSA) is 44.8 Å². The zero-order chi connectivity index (χ0) is 29.2. The van der Waals surface area contributed by atoms with Crippen LogP contribution in [0, 0.1) is 0 Å². The van der Waals surface area contributed by atoms with Gasteiger partial charge in [-0.3, -0.25) is 9.28 Å². The van der Waals surface area contributed by atoms with Crippen LogP contribution in [-0.4, -0.2) is 40.3 Å². The molecule has 0 spiro atoms. The second kappa shape index (κ2) is 18.2. The van der Waals surface area contributed by atoms with Crippen molar-refractivity contribution < 1.29 is 19.0 Å². The first kappa shape index (κ1) is 32.2. The molecule has 0 saturated carbocycles. The van der Waals surface area contributed by atoms with E-state index in [-0.39, 0.29) is 5.97 Å². The Morgan fingerprint density at radius 2 is 1.07 bits per heavy atom. The van der Waals surface area contributed by atoms with Crippen molar-refractivity contribution in [3.05, 3.63) is 90.0 Å². The highest BCUT2D eigenvalue weighted by atomic mass is 16.5. The summed E-state index contributed by atoms with van der Waals surface area (Å²) in [6.07, 6.45) is 12.4. The molecule has 0 aliphatic carbocycles. The van der Waals surface area contributed by atoms with Gasteiger partial charge in [0, 0.05) is 0 Å². The molecule has 0 aliphatic heterocycles. The summed E-state index contributed by atoms with van der Waals surface area (Å²) in [5.41, 5.74) is 3.39. The van der Waals surface area contributed by atoms with Crippen LogP contribution in [0.5, 0.6) is 11.5 Å². The maximum absolute atomic E-state index is 12.1. The number of carbonyl (C=O) groups excluding carboxylic acids is 1. The lowest BCUT2D eigenvalue weighted by Gasteiger charge is -2.23. The summed E-state index contributed by atoms with van der Waals surface area (Å²) in [6, 6.07) is 26.3. The summed E-state index contributed by atoms with van der Waals surface area (Å²) >= 11 is 0. The Balaban J connectivity index is 1.08. The maximum atomic E-state index is 12.1. The van der Waals surface area contributed by atoms with Gasteiger partial charge in [0.05, 0.1) is 40.8 Å². The molecule has 5 nitrogen and oxygen atoms in total. The Hall–Kier alpha value is -3.31. The summed E-state index contributed by atoms with van der Waals surface area (Å²) in [4.78, 5) is 12.1. The van der Waals surface area contributed by atoms with Gasteiger partial charge in [0.15, 0.2) is 0 Å². The molecular formula is C36H50NO4+. The number of carbonyl (C=O) groups is 1. The van der Waals surface area contributed by atoms with Crippen LogP contribution in [0.1, 0.15) is 75.3 Å². The van der Waals surface area contributed by atoms with Crippen molar-refractivity contribution in [2.45, 2.75) is 77.2 Å². The molecule has 0 bridgehead atoms. The van der Waals surface area contributed by atoms with E-state index in [1.165, 1.54) is 50.6 Å². The third kappa shape index (κ3) is 13.7. The molecule has 0 atom stereocenters. The highest BCUT2D eigenvalue weighted by Crippen LogP contribution is 2.20. The van der Waals surface area contributed by atoms with E-state index in [0.717, 1.165) is 53.0 Å². The third-order valence-electron chi connectivity index (χ3n) is 7.20. The number of benzene rings is 3. The fourth-order valence-corrected chi connectivity index (χ4v) is 4.65. The van der Waals surface area contributed by atoms with Gasteiger partial charge in [0.25, 0.3) is 0 Å². The molecule has 5 heteroatoms. The van der Waals surface area contributed by atoms with Gasteiger partial charge in [-0.25, -0.2) is 0 Å². The molecule has 0 fully saturated rings. The SMILES string of the molecule is C[N+](C)(C)c1ccc(CC(=O)OCCCCCCCCCCCCOc2ccc(OCc3ccccc3)cc2)cc1. The molecule has 0 radical (unpaired) electrons. The van der Waals surface area contributed by atoms with E-state index >= 15 is 0 Å². The fourth-order valence-electron chi connectivity index (χ4n) is 4.65. The zero-order valence-corrected chi connectivity index (χ0v) is 25.5. The second-order valence-corrected chi connectivity index (χ2v) is 11.7. The number of esters is 1. The molecule has 0 N–H and O–H groups in total. The molecule has 3 aromatic carbocycles. The Bertz CT molecular complexity index is 1110. The largest absolute Gasteiger partial charge is 0.494 e. The summed E-state index contributed by atoms with van der Waals surface area (Å²) in [7, 11) is 6.40. The quantitative estimate of drug-likeness (QED) is 0.0789. The van der Waals surface area contributed by atoms with Gasteiger partial charge in [-0.05, 0) is 60.4 Å². The fraction of sp³-hybridized carbons (Fsp3) is 0.472. The van der Waals surface area contributed by atoms with E-state index in [0.29, 0.717) is 19.6 Å². The van der Waals surface area contributed by atoms with Crippen LogP contribution in [0.2, 0.25) is 0 Å². The first-order valence-corrected chi connectivity index (χ1v) is 15.4. The lowest BCUT2D eigenvalue weighted by atomic mass is 10.1. The van der Waals surface area contributed by atoms with Gasteiger partial charge < -0.3 is 14.2 Å². The smallest absolute Gasteiger partial charge is 0.310 e. The molecule has 3 rings (SSSR count). The van der Waals surface area contributed by atoms with E-state index in [1.807, 2.05) is 54.6 Å². The van der Waals surface area contributed by atoms with Crippen LogP contribution >= 0.6 is 0 Å². The minimum atomic E-state index is -0.129. The molecule has 41 heavy (non-hydrogen) atoms. The van der Waals surface area contributed by atoms with Gasteiger partial charge >= 0.3 is 5.97 Å². The van der Waals surface area contributed by atoms with E-state index in [2.05, 4.69) is 45.4 Å². The molecule has 222 valence electrons. The van der Waals surface area contributed by atoms with Crippen LogP contribution in [-0.2, 0) is 22.6 Å². The number of hydrogen-bond donors (Lipinski definition) is 0. The number of nitrogens with zero attached hydrogens (tertiary/aromatic N) is 1. The maximum Gasteiger partial charge on any atom is 0.310 e. The van der Waals surface area contributed by atoms with Crippen molar-refractivity contribution in [2.24, 2.45) is 0 Å². The molecule has 0 unspecified atom stereocenters. The lowest BCUT2D eigenvalue weighted by Crippen LogP contribution is -2.34. The predicted octanol–water partition coefficient (Wildman–Crippen LogP) is 8.53. The van der Waals surface area contributed by atoms with Crippen LogP contribution in [0.4, 0.5) is 5.69 Å². The summed E-state index contributed by atoms with van der Waals surface area (Å²) in [6.45, 7) is 1.87. The molecule has 0 amide bonds. The van der Waals surface area contributed by atoms with Gasteiger partial charge in [0.2, 0.25) is 0 Å². The van der Waals surface area contributed by atoms with Crippen LogP contribution in [0.3, 0.4) is 0 Å². The standard InChI is InChI=1S/C36H50NO4/c1-37(2,3)33-21-19-31(20-22-33)29-36(38)40-28-16-11-9-7-5-4-6-8-10-15-27-39-34-23-25-35(26-24-34)41-30-32-17-13-12-14-18-32/h12-14,17-26H,4-11,15-16,27-30H2,1-3H3/q+1. The van der Waals surface area contributed by atoms with Gasteiger partial charge in [-0.15, -0.1) is 0 Å². The van der Waals surface area contributed by atoms with Crippen LogP contribution in [0.25, 0.3) is 0 Å². The average molecular weight is 561 g/mol. The number of rotatable bonds is 20. The lowest BCUT2D eigenvalue weighted by molar-refractivity contribution is -0.142. The number of hydrogen-bond acceptors (Lipinski definition) is 4. The number of unbranched alkanes of at least 4 members (excludes halogenated alkanes) is 9. The molecule has 3 aromatic rings. The van der Waals surface area contributed by atoms with E-state index in [1.54, 1.807) is 0 Å². The monoisotopic (exact) mass is 560 g/mol. The predicted molar refractivity (Wildman–Crippen MR) is 170 cm³/mol. The van der Waals surface area contributed by atoms with Crippen molar-refractivity contribution in [1.29, 1.82) is 0 Å². The van der Waals surface area contributed by atoms with Crippen molar-refractivity contribution in [1.82, 2.24) is 4.48 Å². The normalized spacial score (nSPS) is 11.3. The highest BCUT2D eigenvalue weighted by Gasteiger charge is 2.12. The van der Waals surface area contributed by atoms with Crippen molar-refractivity contribution in [3.8, 4) is 11.5 Å². The van der Waals surface area contributed by atoms with Gasteiger partial charge in [-0.1, -0.05) is 93.8 Å². The molecule has 0 heterocycles. The van der Waals surface area contributed by atoms with Crippen molar-refractivity contribution >= 4 is 11.7 Å². The molecule has 0 aliphatic rings. The number of ether oxygens (including phenoxy) is 3. The molecule has 0 saturated heterocycles. The van der Waals surface area contributed by atoms with E-state index in [9.17, 15) is 4.79 Å². The van der Waals surface area contributed by atoms with Crippen molar-refractivity contribution in [3.63, 3.8) is 0 Å². The third-order valence-corrected chi connectivity index (χ3v) is 7.20. The highest BCUT2D eigenvalue weighted by molar-refractivity contribution is 5.72. The zero-order valence-electron chi connectivity index (χ0n) is 25.5. The van der Waals surface area contributed by atoms with Gasteiger partial charge in [0.1, 0.15) is 23.8 Å². The summed E-state index contributed by atoms with van der Waals surface area (Å²) < 4.78 is 17.9. The van der Waals surface area contributed by atoms with Crippen molar-refractivity contribution in [2.75, 3.05) is 34.4 Å². The minimum Gasteiger partial charge on any atom is -0.494 e. The molecular weight excluding hydrogens is 510 g/mol. The minimum absolute atomic E-state index is 0.129. The second-order valence-electron chi connectivity index (χ2n) is 11.7. The Morgan fingerprint density at radius 1 is 0.561 bits per heavy atom. The summed E-state index contributed by atoms with van der Waals surface area (Å²) in [5, 5.41) is 0. The van der Waals surface area contributed by atoms with E-state index in [4.69, 9.17) is 14.2 Å². The van der Waals surface area contributed by atoms with Crippen LogP contribution in [0.15, 0.2) is 78.9 Å². The Labute approximate surface area is 248 Å². The summed E-state index contributed by atoms with van der Waals surface area (Å²) in [5.74, 6) is 1.63.